The molecule has 21 heavy (non-hydrogen) atoms. The third-order valence-electron chi connectivity index (χ3n) is 3.04. The number of benzene rings is 2. The number of halogens is 1. The number of hydrogen-bond acceptors (Lipinski definition) is 2. The Morgan fingerprint density at radius 2 is 1.71 bits per heavy atom. The largest absolute Gasteiger partial charge is 0.489 e. The molecule has 0 aliphatic rings. The molecule has 0 atom stereocenters. The van der Waals surface area contributed by atoms with Crippen LogP contribution in [0, 0.1) is 0 Å². The molecule has 0 amide bonds. The van der Waals surface area contributed by atoms with Crippen LogP contribution in [0.25, 0.3) is 0 Å². The highest BCUT2D eigenvalue weighted by Gasteiger charge is 2.08. The van der Waals surface area contributed by atoms with Crippen molar-refractivity contribution in [3.8, 4) is 5.75 Å². The highest BCUT2D eigenvalue weighted by atomic mass is 79.9. The van der Waals surface area contributed by atoms with E-state index in [1.165, 1.54) is 5.56 Å². The van der Waals surface area contributed by atoms with Crippen LogP contribution in [-0.2, 0) is 13.2 Å². The van der Waals surface area contributed by atoms with Crippen LogP contribution >= 0.6 is 15.9 Å². The summed E-state index contributed by atoms with van der Waals surface area (Å²) >= 11 is 3.47. The monoisotopic (exact) mass is 347 g/mol. The lowest BCUT2D eigenvalue weighted by atomic mass is 10.1. The molecule has 0 bridgehead atoms. The van der Waals surface area contributed by atoms with Crippen molar-refractivity contribution in [1.82, 2.24) is 5.32 Å². The number of rotatable bonds is 5. The molecule has 0 aromatic heterocycles. The highest BCUT2D eigenvalue weighted by Crippen LogP contribution is 2.17. The van der Waals surface area contributed by atoms with E-state index in [1.807, 2.05) is 24.3 Å². The molecule has 0 spiro atoms. The van der Waals surface area contributed by atoms with Crippen molar-refractivity contribution < 1.29 is 4.74 Å². The Kier molecular flexibility index (Phi) is 5.43. The maximum atomic E-state index is 5.81. The Labute approximate surface area is 135 Å². The zero-order chi connectivity index (χ0) is 15.3. The van der Waals surface area contributed by atoms with Gasteiger partial charge in [0.15, 0.2) is 0 Å². The number of hydrogen-bond donors (Lipinski definition) is 1. The lowest BCUT2D eigenvalue weighted by Gasteiger charge is -2.20. The summed E-state index contributed by atoms with van der Waals surface area (Å²) in [5.41, 5.74) is 2.55. The SMILES string of the molecule is CC(C)(C)NCc1ccc(OCc2cccc(Br)c2)cc1. The third kappa shape index (κ3) is 5.90. The summed E-state index contributed by atoms with van der Waals surface area (Å²) < 4.78 is 6.88. The molecular weight excluding hydrogens is 326 g/mol. The minimum absolute atomic E-state index is 0.135. The second kappa shape index (κ2) is 7.10. The van der Waals surface area contributed by atoms with Gasteiger partial charge in [0.25, 0.3) is 0 Å². The van der Waals surface area contributed by atoms with Gasteiger partial charge in [-0.1, -0.05) is 40.2 Å². The van der Waals surface area contributed by atoms with Gasteiger partial charge in [-0.05, 0) is 56.2 Å². The summed E-state index contributed by atoms with van der Waals surface area (Å²) in [6.07, 6.45) is 0. The van der Waals surface area contributed by atoms with Gasteiger partial charge in [-0.25, -0.2) is 0 Å². The van der Waals surface area contributed by atoms with Crippen LogP contribution in [-0.4, -0.2) is 5.54 Å². The quantitative estimate of drug-likeness (QED) is 0.828. The zero-order valence-corrected chi connectivity index (χ0v) is 14.4. The predicted octanol–water partition coefficient (Wildman–Crippen LogP) is 4.92. The van der Waals surface area contributed by atoms with Gasteiger partial charge in [0.2, 0.25) is 0 Å². The number of nitrogens with one attached hydrogen (secondary N) is 1. The van der Waals surface area contributed by atoms with Crippen molar-refractivity contribution in [2.45, 2.75) is 39.5 Å². The van der Waals surface area contributed by atoms with Crippen LogP contribution in [0.15, 0.2) is 53.0 Å². The molecule has 0 heterocycles. The first-order valence-corrected chi connectivity index (χ1v) is 7.93. The van der Waals surface area contributed by atoms with E-state index in [1.54, 1.807) is 0 Å². The van der Waals surface area contributed by atoms with Crippen molar-refractivity contribution in [2.75, 3.05) is 0 Å². The predicted molar refractivity (Wildman–Crippen MR) is 91.5 cm³/mol. The molecule has 2 aromatic rings. The molecule has 0 saturated heterocycles. The zero-order valence-electron chi connectivity index (χ0n) is 12.8. The summed E-state index contributed by atoms with van der Waals surface area (Å²) in [6.45, 7) is 7.96. The van der Waals surface area contributed by atoms with E-state index in [0.29, 0.717) is 6.61 Å². The Morgan fingerprint density at radius 3 is 2.33 bits per heavy atom. The summed E-state index contributed by atoms with van der Waals surface area (Å²) in [5, 5.41) is 3.48. The first kappa shape index (κ1) is 16.1. The van der Waals surface area contributed by atoms with Crippen molar-refractivity contribution in [2.24, 2.45) is 0 Å². The van der Waals surface area contributed by atoms with Crippen LogP contribution < -0.4 is 10.1 Å². The minimum Gasteiger partial charge on any atom is -0.489 e. The molecule has 0 fully saturated rings. The average molecular weight is 348 g/mol. The Balaban J connectivity index is 1.87. The second-order valence-corrected chi connectivity index (χ2v) is 7.08. The molecule has 2 nitrogen and oxygen atoms in total. The van der Waals surface area contributed by atoms with Gasteiger partial charge in [-0.15, -0.1) is 0 Å². The first-order valence-electron chi connectivity index (χ1n) is 7.14. The van der Waals surface area contributed by atoms with Gasteiger partial charge in [-0.2, -0.15) is 0 Å². The standard InChI is InChI=1S/C18H22BrNO/c1-18(2,3)20-12-14-7-9-17(10-8-14)21-13-15-5-4-6-16(19)11-15/h4-11,20H,12-13H2,1-3H3. The maximum absolute atomic E-state index is 5.81. The highest BCUT2D eigenvalue weighted by molar-refractivity contribution is 9.10. The van der Waals surface area contributed by atoms with Crippen LogP contribution in [0.3, 0.4) is 0 Å². The van der Waals surface area contributed by atoms with E-state index in [4.69, 9.17) is 4.74 Å². The van der Waals surface area contributed by atoms with Crippen molar-refractivity contribution in [3.05, 3.63) is 64.1 Å². The van der Waals surface area contributed by atoms with Gasteiger partial charge in [0, 0.05) is 16.6 Å². The average Bonchev–Trinajstić information content (AvgIpc) is 2.43. The molecule has 3 heteroatoms. The molecule has 0 unspecified atom stereocenters. The Morgan fingerprint density at radius 1 is 1.00 bits per heavy atom. The van der Waals surface area contributed by atoms with Crippen LogP contribution in [0.2, 0.25) is 0 Å². The van der Waals surface area contributed by atoms with Gasteiger partial charge in [0.05, 0.1) is 0 Å². The summed E-state index contributed by atoms with van der Waals surface area (Å²) in [4.78, 5) is 0. The number of ether oxygens (including phenoxy) is 1. The first-order chi connectivity index (χ1) is 9.92. The van der Waals surface area contributed by atoms with E-state index in [0.717, 1.165) is 22.3 Å². The second-order valence-electron chi connectivity index (χ2n) is 6.17. The molecule has 0 saturated carbocycles. The molecule has 1 N–H and O–H groups in total. The maximum Gasteiger partial charge on any atom is 0.119 e. The summed E-state index contributed by atoms with van der Waals surface area (Å²) in [6, 6.07) is 16.4. The molecule has 2 rings (SSSR count). The van der Waals surface area contributed by atoms with Gasteiger partial charge in [-0.3, -0.25) is 0 Å². The molecule has 0 radical (unpaired) electrons. The molecular formula is C18H22BrNO. The normalized spacial score (nSPS) is 11.4. The smallest absolute Gasteiger partial charge is 0.119 e. The summed E-state index contributed by atoms with van der Waals surface area (Å²) in [7, 11) is 0. The van der Waals surface area contributed by atoms with Gasteiger partial charge < -0.3 is 10.1 Å². The lowest BCUT2D eigenvalue weighted by Crippen LogP contribution is -2.34. The summed E-state index contributed by atoms with van der Waals surface area (Å²) in [5.74, 6) is 0.898. The lowest BCUT2D eigenvalue weighted by molar-refractivity contribution is 0.306. The van der Waals surface area contributed by atoms with E-state index in [9.17, 15) is 0 Å². The van der Waals surface area contributed by atoms with Crippen molar-refractivity contribution >= 4 is 15.9 Å². The Bertz CT molecular complexity index is 573. The van der Waals surface area contributed by atoms with E-state index < -0.39 is 0 Å². The Hall–Kier alpha value is -1.32. The fraction of sp³-hybridized carbons (Fsp3) is 0.333. The van der Waals surface area contributed by atoms with Crippen molar-refractivity contribution in [1.29, 1.82) is 0 Å². The molecule has 0 aliphatic heterocycles. The van der Waals surface area contributed by atoms with E-state index in [-0.39, 0.29) is 5.54 Å². The van der Waals surface area contributed by atoms with Gasteiger partial charge in [0.1, 0.15) is 12.4 Å². The fourth-order valence-electron chi connectivity index (χ4n) is 1.86. The third-order valence-corrected chi connectivity index (χ3v) is 3.53. The van der Waals surface area contributed by atoms with E-state index in [2.05, 4.69) is 66.3 Å². The van der Waals surface area contributed by atoms with Crippen LogP contribution in [0.1, 0.15) is 31.9 Å². The fourth-order valence-corrected chi connectivity index (χ4v) is 2.31. The topological polar surface area (TPSA) is 21.3 Å². The minimum atomic E-state index is 0.135. The molecule has 2 aromatic carbocycles. The van der Waals surface area contributed by atoms with Crippen LogP contribution in [0.4, 0.5) is 0 Å². The van der Waals surface area contributed by atoms with Crippen LogP contribution in [0.5, 0.6) is 5.75 Å². The molecule has 112 valence electrons. The van der Waals surface area contributed by atoms with Crippen molar-refractivity contribution in [3.63, 3.8) is 0 Å². The molecule has 0 aliphatic carbocycles. The van der Waals surface area contributed by atoms with Gasteiger partial charge >= 0.3 is 0 Å². The van der Waals surface area contributed by atoms with E-state index >= 15 is 0 Å².